The number of amides is 2. The van der Waals surface area contributed by atoms with Crippen LogP contribution >= 0.6 is 23.1 Å². The maximum absolute atomic E-state index is 12.1. The van der Waals surface area contributed by atoms with E-state index in [9.17, 15) is 9.59 Å². The number of hydrogen-bond donors (Lipinski definition) is 2. The highest BCUT2D eigenvalue weighted by Gasteiger charge is 2.16. The molecule has 118 valence electrons. The van der Waals surface area contributed by atoms with Crippen molar-refractivity contribution in [3.63, 3.8) is 0 Å². The van der Waals surface area contributed by atoms with E-state index < -0.39 is 0 Å². The average molecular weight is 340 g/mol. The highest BCUT2D eigenvalue weighted by molar-refractivity contribution is 8.01. The monoisotopic (exact) mass is 340 g/mol. The summed E-state index contributed by atoms with van der Waals surface area (Å²) >= 11 is 2.51. The van der Waals surface area contributed by atoms with Crippen molar-refractivity contribution in [1.82, 2.24) is 15.5 Å². The van der Waals surface area contributed by atoms with E-state index in [1.165, 1.54) is 23.1 Å². The lowest BCUT2D eigenvalue weighted by molar-refractivity contribution is -0.118. The molecule has 0 unspecified atom stereocenters. The van der Waals surface area contributed by atoms with Gasteiger partial charge in [-0.05, 0) is 26.8 Å². The summed E-state index contributed by atoms with van der Waals surface area (Å²) in [5.41, 5.74) is 0.476. The minimum Gasteiger partial charge on any atom is -0.466 e. The predicted molar refractivity (Wildman–Crippen MR) is 85.5 cm³/mol. The van der Waals surface area contributed by atoms with E-state index in [0.29, 0.717) is 33.1 Å². The quantitative estimate of drug-likeness (QED) is 0.618. The standard InChI is InChI=1S/C13H16N4O3S2/c1-4-14-10(18)6-21-13-17-16-12(22-13)15-11(19)9-5-7(2)20-8(9)3/h5H,4,6H2,1-3H3,(H,14,18)(H,15,16,19). The maximum atomic E-state index is 12.1. The van der Waals surface area contributed by atoms with Crippen LogP contribution in [0.25, 0.3) is 0 Å². The van der Waals surface area contributed by atoms with Crippen molar-refractivity contribution in [2.24, 2.45) is 0 Å². The zero-order valence-electron chi connectivity index (χ0n) is 12.4. The van der Waals surface area contributed by atoms with Gasteiger partial charge in [-0.1, -0.05) is 23.1 Å². The van der Waals surface area contributed by atoms with Crippen LogP contribution in [0.15, 0.2) is 14.8 Å². The molecule has 0 aliphatic heterocycles. The third kappa shape index (κ3) is 4.31. The van der Waals surface area contributed by atoms with E-state index in [1.54, 1.807) is 19.9 Å². The zero-order valence-corrected chi connectivity index (χ0v) is 14.1. The molecule has 0 aromatic carbocycles. The van der Waals surface area contributed by atoms with Crippen LogP contribution in [0.3, 0.4) is 0 Å². The van der Waals surface area contributed by atoms with Gasteiger partial charge in [-0.25, -0.2) is 0 Å². The van der Waals surface area contributed by atoms with Gasteiger partial charge < -0.3 is 9.73 Å². The minimum absolute atomic E-state index is 0.0576. The molecule has 2 N–H and O–H groups in total. The Morgan fingerprint density at radius 1 is 1.36 bits per heavy atom. The second kappa shape index (κ2) is 7.41. The van der Waals surface area contributed by atoms with Crippen molar-refractivity contribution in [2.45, 2.75) is 25.1 Å². The molecule has 22 heavy (non-hydrogen) atoms. The van der Waals surface area contributed by atoms with Gasteiger partial charge in [0.2, 0.25) is 11.0 Å². The van der Waals surface area contributed by atoms with Crippen molar-refractivity contribution in [2.75, 3.05) is 17.6 Å². The van der Waals surface area contributed by atoms with Crippen LogP contribution in [0.2, 0.25) is 0 Å². The smallest absolute Gasteiger partial charge is 0.261 e. The Kier molecular flexibility index (Phi) is 5.56. The molecule has 0 spiro atoms. The van der Waals surface area contributed by atoms with Crippen LogP contribution in [0.4, 0.5) is 5.13 Å². The normalized spacial score (nSPS) is 10.5. The molecule has 0 atom stereocenters. The predicted octanol–water partition coefficient (Wildman–Crippen LogP) is 2.23. The van der Waals surface area contributed by atoms with Crippen molar-refractivity contribution >= 4 is 40.0 Å². The number of aromatic nitrogens is 2. The van der Waals surface area contributed by atoms with Crippen LogP contribution in [0.5, 0.6) is 0 Å². The third-order valence-corrected chi connectivity index (χ3v) is 4.59. The molecule has 2 amide bonds. The van der Waals surface area contributed by atoms with Crippen molar-refractivity contribution in [3.8, 4) is 0 Å². The lowest BCUT2D eigenvalue weighted by atomic mass is 10.2. The number of furan rings is 1. The van der Waals surface area contributed by atoms with Crippen molar-refractivity contribution in [3.05, 3.63) is 23.2 Å². The Labute approximate surface area is 135 Å². The molecule has 2 aromatic heterocycles. The summed E-state index contributed by atoms with van der Waals surface area (Å²) in [5, 5.41) is 13.6. The lowest BCUT2D eigenvalue weighted by Gasteiger charge is -1.99. The zero-order chi connectivity index (χ0) is 16.1. The number of hydrogen-bond acceptors (Lipinski definition) is 7. The van der Waals surface area contributed by atoms with Crippen molar-refractivity contribution < 1.29 is 14.0 Å². The van der Waals surface area contributed by atoms with Gasteiger partial charge in [0, 0.05) is 6.54 Å². The summed E-state index contributed by atoms with van der Waals surface area (Å²) in [7, 11) is 0. The number of rotatable bonds is 6. The first-order chi connectivity index (χ1) is 10.5. The van der Waals surface area contributed by atoms with E-state index in [-0.39, 0.29) is 17.6 Å². The van der Waals surface area contributed by atoms with Crippen LogP contribution in [-0.2, 0) is 4.79 Å². The fourth-order valence-corrected chi connectivity index (χ4v) is 3.29. The van der Waals surface area contributed by atoms with Crippen LogP contribution in [0.1, 0.15) is 28.8 Å². The topological polar surface area (TPSA) is 97.1 Å². The summed E-state index contributed by atoms with van der Waals surface area (Å²) in [6.07, 6.45) is 0. The van der Waals surface area contributed by atoms with E-state index in [2.05, 4.69) is 20.8 Å². The molecule has 7 nitrogen and oxygen atoms in total. The highest BCUT2D eigenvalue weighted by Crippen LogP contribution is 2.26. The van der Waals surface area contributed by atoms with Gasteiger partial charge in [0.05, 0.1) is 11.3 Å². The summed E-state index contributed by atoms with van der Waals surface area (Å²) in [4.78, 5) is 23.5. The number of nitrogens with one attached hydrogen (secondary N) is 2. The summed E-state index contributed by atoms with van der Waals surface area (Å²) in [6, 6.07) is 1.68. The van der Waals surface area contributed by atoms with Crippen LogP contribution in [-0.4, -0.2) is 34.3 Å². The van der Waals surface area contributed by atoms with E-state index in [1.807, 2.05) is 6.92 Å². The summed E-state index contributed by atoms with van der Waals surface area (Å²) < 4.78 is 5.95. The molecule has 2 aromatic rings. The molecule has 0 fully saturated rings. The number of aryl methyl sites for hydroxylation is 2. The molecular weight excluding hydrogens is 324 g/mol. The van der Waals surface area contributed by atoms with E-state index in [4.69, 9.17) is 4.42 Å². The van der Waals surface area contributed by atoms with Gasteiger partial charge in [0.25, 0.3) is 5.91 Å². The maximum Gasteiger partial charge on any atom is 0.261 e. The Morgan fingerprint density at radius 3 is 2.77 bits per heavy atom. The molecule has 2 rings (SSSR count). The Morgan fingerprint density at radius 2 is 2.14 bits per heavy atom. The molecular formula is C13H16N4O3S2. The van der Waals surface area contributed by atoms with Gasteiger partial charge in [-0.15, -0.1) is 10.2 Å². The lowest BCUT2D eigenvalue weighted by Crippen LogP contribution is -2.24. The molecule has 0 saturated heterocycles. The van der Waals surface area contributed by atoms with Gasteiger partial charge in [-0.2, -0.15) is 0 Å². The number of carbonyl (C=O) groups excluding carboxylic acids is 2. The fraction of sp³-hybridized carbons (Fsp3) is 0.385. The largest absolute Gasteiger partial charge is 0.466 e. The number of anilines is 1. The van der Waals surface area contributed by atoms with Gasteiger partial charge in [-0.3, -0.25) is 14.9 Å². The molecule has 0 saturated carbocycles. The summed E-state index contributed by atoms with van der Waals surface area (Å²) in [6.45, 7) is 5.97. The first-order valence-electron chi connectivity index (χ1n) is 6.61. The first kappa shape index (κ1) is 16.5. The number of carbonyl (C=O) groups is 2. The Hall–Kier alpha value is -1.87. The molecule has 0 aliphatic carbocycles. The Bertz CT molecular complexity index is 681. The summed E-state index contributed by atoms with van der Waals surface area (Å²) in [5.74, 6) is 1.17. The third-order valence-electron chi connectivity index (χ3n) is 2.61. The molecule has 9 heteroatoms. The van der Waals surface area contributed by atoms with Crippen LogP contribution < -0.4 is 10.6 Å². The second-order valence-corrected chi connectivity index (χ2v) is 6.60. The highest BCUT2D eigenvalue weighted by atomic mass is 32.2. The molecule has 2 heterocycles. The molecule has 0 bridgehead atoms. The first-order valence-corrected chi connectivity index (χ1v) is 8.41. The SMILES string of the molecule is CCNC(=O)CSc1nnc(NC(=O)c2cc(C)oc2C)s1. The minimum atomic E-state index is -0.286. The van der Waals surface area contributed by atoms with Crippen molar-refractivity contribution in [1.29, 1.82) is 0 Å². The Balaban J connectivity index is 1.93. The number of nitrogens with zero attached hydrogens (tertiary/aromatic N) is 2. The second-order valence-electron chi connectivity index (χ2n) is 4.40. The van der Waals surface area contributed by atoms with Gasteiger partial charge >= 0.3 is 0 Å². The van der Waals surface area contributed by atoms with Crippen LogP contribution in [0, 0.1) is 13.8 Å². The van der Waals surface area contributed by atoms with Gasteiger partial charge in [0.1, 0.15) is 11.5 Å². The molecule has 0 aliphatic rings. The average Bonchev–Trinajstić information content (AvgIpc) is 3.03. The van der Waals surface area contributed by atoms with Gasteiger partial charge in [0.15, 0.2) is 4.34 Å². The van der Waals surface area contributed by atoms with E-state index >= 15 is 0 Å². The molecule has 0 radical (unpaired) electrons. The fourth-order valence-electron chi connectivity index (χ4n) is 1.71. The van der Waals surface area contributed by atoms with E-state index in [0.717, 1.165) is 0 Å². The number of thioether (sulfide) groups is 1.